The van der Waals surface area contributed by atoms with E-state index >= 15 is 0 Å². The highest BCUT2D eigenvalue weighted by Gasteiger charge is 2.18. The van der Waals surface area contributed by atoms with Gasteiger partial charge in [0.25, 0.3) is 10.1 Å². The summed E-state index contributed by atoms with van der Waals surface area (Å²) in [5, 5.41) is 23.3. The normalized spacial score (nSPS) is 11.9. The molecule has 0 spiro atoms. The van der Waals surface area contributed by atoms with Crippen LogP contribution in [0.4, 0.5) is 17.1 Å². The SMILES string of the molecule is Cc1ccc(SOONc2cc(S(=O)(=O)O)cc(NN=C(N=Nc3ccc(C)cc3C=O)c3ccccc3)c2O)cc1. The standard InChI is InChI=1S/C28H25N5O7S2/c1-18-8-11-22(12-9-18)41-40-39-33-26-16-23(42(36,37)38)15-25(27(26)35)30-32-28(20-6-4-3-5-7-20)31-29-24-13-10-19(2)14-21(24)17-34/h3-17,30,33,35H,1-2H3,(H,36,37,38). The van der Waals surface area contributed by atoms with E-state index in [1.54, 1.807) is 60.7 Å². The molecule has 0 aliphatic carbocycles. The fourth-order valence-corrected chi connectivity index (χ4v) is 4.37. The van der Waals surface area contributed by atoms with Gasteiger partial charge in [0.1, 0.15) is 11.4 Å². The second-order valence-corrected chi connectivity index (χ2v) is 11.0. The van der Waals surface area contributed by atoms with Crippen LogP contribution in [0.3, 0.4) is 0 Å². The lowest BCUT2D eigenvalue weighted by atomic mass is 10.1. The number of phenolic OH excluding ortho intramolecular Hbond substituents is 1. The molecule has 0 fully saturated rings. The lowest BCUT2D eigenvalue weighted by Crippen LogP contribution is -2.06. The number of hydrogen-bond donors (Lipinski definition) is 4. The first-order valence-electron chi connectivity index (χ1n) is 12.2. The van der Waals surface area contributed by atoms with E-state index in [2.05, 4.69) is 26.2 Å². The van der Waals surface area contributed by atoms with Crippen molar-refractivity contribution in [3.05, 3.63) is 107 Å². The summed E-state index contributed by atoms with van der Waals surface area (Å²) in [4.78, 5) is 16.6. The number of anilines is 2. The number of azo groups is 1. The molecule has 14 heteroatoms. The molecule has 4 rings (SSSR count). The lowest BCUT2D eigenvalue weighted by molar-refractivity contribution is -0.161. The minimum atomic E-state index is -4.71. The van der Waals surface area contributed by atoms with Crippen molar-refractivity contribution >= 4 is 51.3 Å². The Labute approximate surface area is 246 Å². The molecule has 0 heterocycles. The number of carbonyl (C=O) groups is 1. The minimum absolute atomic E-state index is 0.0354. The molecule has 12 nitrogen and oxygen atoms in total. The lowest BCUT2D eigenvalue weighted by Gasteiger charge is -2.12. The zero-order valence-electron chi connectivity index (χ0n) is 22.3. The van der Waals surface area contributed by atoms with Crippen molar-refractivity contribution in [2.24, 2.45) is 15.3 Å². The molecule has 0 saturated heterocycles. The molecular weight excluding hydrogens is 582 g/mol. The molecule has 0 bridgehead atoms. The van der Waals surface area contributed by atoms with E-state index in [1.165, 1.54) is 0 Å². The van der Waals surface area contributed by atoms with E-state index < -0.39 is 20.8 Å². The van der Waals surface area contributed by atoms with Crippen molar-refractivity contribution in [3.8, 4) is 5.75 Å². The highest BCUT2D eigenvalue weighted by Crippen LogP contribution is 2.36. The summed E-state index contributed by atoms with van der Waals surface area (Å²) in [5.41, 5.74) is 7.46. The molecule has 0 amide bonds. The summed E-state index contributed by atoms with van der Waals surface area (Å²) in [6.45, 7) is 3.78. The average Bonchev–Trinajstić information content (AvgIpc) is 2.98. The van der Waals surface area contributed by atoms with E-state index in [9.17, 15) is 22.9 Å². The van der Waals surface area contributed by atoms with Crippen LogP contribution < -0.4 is 10.9 Å². The van der Waals surface area contributed by atoms with Gasteiger partial charge in [-0.2, -0.15) is 13.5 Å². The van der Waals surface area contributed by atoms with Crippen molar-refractivity contribution in [2.75, 3.05) is 10.9 Å². The van der Waals surface area contributed by atoms with Crippen LogP contribution in [0.1, 0.15) is 27.0 Å². The molecule has 0 aliphatic heterocycles. The maximum Gasteiger partial charge on any atom is 0.294 e. The Kier molecular flexibility index (Phi) is 10.0. The molecule has 42 heavy (non-hydrogen) atoms. The Morgan fingerprint density at radius 2 is 1.62 bits per heavy atom. The Morgan fingerprint density at radius 3 is 2.31 bits per heavy atom. The second kappa shape index (κ2) is 13.8. The zero-order valence-corrected chi connectivity index (χ0v) is 23.9. The van der Waals surface area contributed by atoms with Crippen molar-refractivity contribution in [3.63, 3.8) is 0 Å². The molecule has 0 atom stereocenters. The van der Waals surface area contributed by atoms with Crippen molar-refractivity contribution < 1.29 is 32.2 Å². The van der Waals surface area contributed by atoms with Gasteiger partial charge in [0.05, 0.1) is 22.6 Å². The fourth-order valence-electron chi connectivity index (χ4n) is 3.44. The van der Waals surface area contributed by atoms with Crippen LogP contribution in [0.2, 0.25) is 0 Å². The highest BCUT2D eigenvalue weighted by molar-refractivity contribution is 7.94. The minimum Gasteiger partial charge on any atom is -0.504 e. The summed E-state index contributed by atoms with van der Waals surface area (Å²) < 4.78 is 38.6. The molecule has 4 aromatic carbocycles. The smallest absolute Gasteiger partial charge is 0.294 e. The summed E-state index contributed by atoms with van der Waals surface area (Å²) >= 11 is 0.871. The molecule has 4 aromatic rings. The van der Waals surface area contributed by atoms with Crippen LogP contribution in [-0.4, -0.2) is 30.2 Å². The van der Waals surface area contributed by atoms with Crippen molar-refractivity contribution in [2.45, 2.75) is 23.6 Å². The van der Waals surface area contributed by atoms with Crippen LogP contribution in [0.25, 0.3) is 0 Å². The van der Waals surface area contributed by atoms with E-state index in [0.29, 0.717) is 23.1 Å². The first-order valence-corrected chi connectivity index (χ1v) is 14.4. The molecule has 0 radical (unpaired) electrons. The van der Waals surface area contributed by atoms with Gasteiger partial charge in [0.2, 0.25) is 5.84 Å². The number of hydrazone groups is 1. The molecule has 216 valence electrons. The zero-order chi connectivity index (χ0) is 30.1. The second-order valence-electron chi connectivity index (χ2n) is 8.79. The van der Waals surface area contributed by atoms with Gasteiger partial charge in [-0.15, -0.1) is 19.6 Å². The number of nitrogens with one attached hydrogen (secondary N) is 2. The summed E-state index contributed by atoms with van der Waals surface area (Å²) in [6.07, 6.45) is 0.664. The van der Waals surface area contributed by atoms with Gasteiger partial charge in [0.15, 0.2) is 12.0 Å². The van der Waals surface area contributed by atoms with Gasteiger partial charge in [-0.3, -0.25) is 14.8 Å². The van der Waals surface area contributed by atoms with E-state index in [0.717, 1.165) is 40.2 Å². The van der Waals surface area contributed by atoms with Crippen LogP contribution in [0.15, 0.2) is 110 Å². The number of aryl methyl sites for hydroxylation is 2. The average molecular weight is 608 g/mol. The van der Waals surface area contributed by atoms with Gasteiger partial charge in [-0.05, 0) is 50.2 Å². The Balaban J connectivity index is 1.61. The molecule has 0 aromatic heterocycles. The quantitative estimate of drug-likeness (QED) is 0.0139. The summed E-state index contributed by atoms with van der Waals surface area (Å²) in [6, 6.07) is 23.0. The predicted octanol–water partition coefficient (Wildman–Crippen LogP) is 6.61. The predicted molar refractivity (Wildman–Crippen MR) is 158 cm³/mol. The molecule has 0 aliphatic rings. The maximum atomic E-state index is 11.9. The number of nitrogens with zero attached hydrogens (tertiary/aromatic N) is 3. The van der Waals surface area contributed by atoms with Crippen LogP contribution in [0, 0.1) is 13.8 Å². The third-order valence-corrected chi connectivity index (χ3v) is 7.03. The summed E-state index contributed by atoms with van der Waals surface area (Å²) in [5.74, 6) is -0.477. The number of hydrogen-bond acceptors (Lipinski definition) is 11. The number of carbonyl (C=O) groups excluding carboxylic acids is 1. The van der Waals surface area contributed by atoms with Crippen molar-refractivity contribution in [1.82, 2.24) is 0 Å². The maximum absolute atomic E-state index is 11.9. The van der Waals surface area contributed by atoms with Gasteiger partial charge < -0.3 is 5.11 Å². The van der Waals surface area contributed by atoms with Crippen LogP contribution in [-0.2, 0) is 19.4 Å². The molecule has 4 N–H and O–H groups in total. The Bertz CT molecular complexity index is 1730. The van der Waals surface area contributed by atoms with Gasteiger partial charge in [0, 0.05) is 16.0 Å². The Morgan fingerprint density at radius 1 is 0.929 bits per heavy atom. The third-order valence-electron chi connectivity index (χ3n) is 5.59. The number of benzene rings is 4. The first-order chi connectivity index (χ1) is 20.1. The van der Waals surface area contributed by atoms with Gasteiger partial charge in [-0.1, -0.05) is 59.7 Å². The Hall–Kier alpha value is -4.60. The van der Waals surface area contributed by atoms with Gasteiger partial charge in [-0.25, -0.2) is 5.48 Å². The van der Waals surface area contributed by atoms with Crippen molar-refractivity contribution in [1.29, 1.82) is 0 Å². The van der Waals surface area contributed by atoms with Crippen LogP contribution in [0.5, 0.6) is 5.75 Å². The third kappa shape index (κ3) is 8.22. The monoisotopic (exact) mass is 607 g/mol. The summed E-state index contributed by atoms with van der Waals surface area (Å²) in [7, 11) is -4.71. The number of phenols is 1. The molecular formula is C28H25N5O7S2. The van der Waals surface area contributed by atoms with Crippen LogP contribution >= 0.6 is 12.0 Å². The topological polar surface area (TPSA) is 171 Å². The van der Waals surface area contributed by atoms with E-state index in [1.807, 2.05) is 26.0 Å². The van der Waals surface area contributed by atoms with E-state index in [4.69, 9.17) is 9.32 Å². The highest BCUT2D eigenvalue weighted by atomic mass is 32.2. The number of aldehydes is 1. The largest absolute Gasteiger partial charge is 0.504 e. The number of rotatable bonds is 11. The fraction of sp³-hybridized carbons (Fsp3) is 0.0714. The van der Waals surface area contributed by atoms with E-state index in [-0.39, 0.29) is 17.2 Å². The molecule has 0 saturated carbocycles. The first kappa shape index (κ1) is 30.4. The molecule has 0 unspecified atom stereocenters. The van der Waals surface area contributed by atoms with Gasteiger partial charge >= 0.3 is 0 Å². The number of amidine groups is 1. The number of aromatic hydroxyl groups is 1.